The summed E-state index contributed by atoms with van der Waals surface area (Å²) in [7, 11) is 0. The monoisotopic (exact) mass is 306 g/mol. The van der Waals surface area contributed by atoms with Crippen molar-refractivity contribution in [2.45, 2.75) is 46.6 Å². The first kappa shape index (κ1) is 17.0. The van der Waals surface area contributed by atoms with Crippen LogP contribution < -0.4 is 10.2 Å². The van der Waals surface area contributed by atoms with E-state index < -0.39 is 0 Å². The van der Waals surface area contributed by atoms with E-state index in [1.54, 1.807) is 6.33 Å². The predicted molar refractivity (Wildman–Crippen MR) is 91.1 cm³/mol. The fourth-order valence-electron chi connectivity index (χ4n) is 3.39. The third kappa shape index (κ3) is 4.09. The summed E-state index contributed by atoms with van der Waals surface area (Å²) in [5.74, 6) is 3.70. The van der Waals surface area contributed by atoms with Gasteiger partial charge in [-0.25, -0.2) is 9.97 Å². The molecule has 1 aromatic heterocycles. The van der Waals surface area contributed by atoms with Crippen molar-refractivity contribution in [2.24, 2.45) is 17.8 Å². The quantitative estimate of drug-likeness (QED) is 0.811. The summed E-state index contributed by atoms with van der Waals surface area (Å²) in [6.45, 7) is 11.2. The van der Waals surface area contributed by atoms with Crippen LogP contribution in [0.4, 0.5) is 11.6 Å². The fraction of sp³-hybridized carbons (Fsp3) is 0.765. The Labute approximate surface area is 134 Å². The van der Waals surface area contributed by atoms with Gasteiger partial charge in [0.25, 0.3) is 0 Å². The second-order valence-electron chi connectivity index (χ2n) is 6.97. The zero-order chi connectivity index (χ0) is 16.1. The van der Waals surface area contributed by atoms with E-state index in [0.717, 1.165) is 37.6 Å². The van der Waals surface area contributed by atoms with Crippen molar-refractivity contribution in [1.29, 1.82) is 0 Å². The highest BCUT2D eigenvalue weighted by Crippen LogP contribution is 2.25. The molecule has 124 valence electrons. The number of rotatable bonds is 7. The molecular formula is C17H30N4O. The normalized spacial score (nSPS) is 18.7. The number of aliphatic hydroxyl groups is 1. The Balaban J connectivity index is 2.02. The Morgan fingerprint density at radius 2 is 2.00 bits per heavy atom. The summed E-state index contributed by atoms with van der Waals surface area (Å²) < 4.78 is 0. The van der Waals surface area contributed by atoms with Gasteiger partial charge in [0.15, 0.2) is 0 Å². The largest absolute Gasteiger partial charge is 0.394 e. The van der Waals surface area contributed by atoms with Gasteiger partial charge < -0.3 is 15.3 Å². The molecule has 2 N–H and O–H groups in total. The Bertz CT molecular complexity index is 456. The highest BCUT2D eigenvalue weighted by atomic mass is 16.3. The molecule has 0 saturated carbocycles. The molecule has 0 amide bonds. The molecular weight excluding hydrogens is 276 g/mol. The van der Waals surface area contributed by atoms with Gasteiger partial charge in [0, 0.05) is 19.2 Å². The van der Waals surface area contributed by atoms with Crippen molar-refractivity contribution in [3.8, 4) is 0 Å². The Kier molecular flexibility index (Phi) is 6.00. The average molecular weight is 306 g/mol. The topological polar surface area (TPSA) is 61.3 Å². The molecule has 0 spiro atoms. The standard InChI is InChI=1S/C17H30N4O/c1-12(2)15(13(3)4)9-18-16-8-17(20-11-19-16)21-7-5-6-14(21)10-22/h8,11-15,22H,5-7,9-10H2,1-4H3,(H,18,19,20). The first-order chi connectivity index (χ1) is 10.5. The first-order valence-electron chi connectivity index (χ1n) is 8.46. The van der Waals surface area contributed by atoms with E-state index in [4.69, 9.17) is 0 Å². The fourth-order valence-corrected chi connectivity index (χ4v) is 3.39. The van der Waals surface area contributed by atoms with E-state index >= 15 is 0 Å². The van der Waals surface area contributed by atoms with Crippen LogP contribution in [-0.2, 0) is 0 Å². The smallest absolute Gasteiger partial charge is 0.134 e. The van der Waals surface area contributed by atoms with Crippen LogP contribution >= 0.6 is 0 Å². The SMILES string of the molecule is CC(C)C(CNc1cc(N2CCCC2CO)ncn1)C(C)C. The van der Waals surface area contributed by atoms with Crippen LogP contribution in [-0.4, -0.2) is 40.8 Å². The summed E-state index contributed by atoms with van der Waals surface area (Å²) in [4.78, 5) is 10.9. The van der Waals surface area contributed by atoms with Crippen LogP contribution in [0.3, 0.4) is 0 Å². The Morgan fingerprint density at radius 1 is 1.27 bits per heavy atom. The molecule has 0 bridgehead atoms. The molecule has 1 aliphatic rings. The van der Waals surface area contributed by atoms with E-state index in [0.29, 0.717) is 17.8 Å². The minimum Gasteiger partial charge on any atom is -0.394 e. The number of aromatic nitrogens is 2. The molecule has 22 heavy (non-hydrogen) atoms. The minimum atomic E-state index is 0.190. The van der Waals surface area contributed by atoms with Crippen LogP contribution in [0.15, 0.2) is 12.4 Å². The lowest BCUT2D eigenvalue weighted by atomic mass is 9.85. The second kappa shape index (κ2) is 7.77. The highest BCUT2D eigenvalue weighted by Gasteiger charge is 2.25. The lowest BCUT2D eigenvalue weighted by Crippen LogP contribution is -2.32. The summed E-state index contributed by atoms with van der Waals surface area (Å²) in [6, 6.07) is 2.20. The predicted octanol–water partition coefficient (Wildman–Crippen LogP) is 2.78. The van der Waals surface area contributed by atoms with E-state index in [1.807, 2.05) is 6.07 Å². The van der Waals surface area contributed by atoms with E-state index in [2.05, 4.69) is 47.9 Å². The first-order valence-corrected chi connectivity index (χ1v) is 8.46. The number of hydrogen-bond donors (Lipinski definition) is 2. The second-order valence-corrected chi connectivity index (χ2v) is 6.97. The van der Waals surface area contributed by atoms with Crippen molar-refractivity contribution in [1.82, 2.24) is 9.97 Å². The van der Waals surface area contributed by atoms with Gasteiger partial charge in [0.2, 0.25) is 0 Å². The maximum absolute atomic E-state index is 9.46. The van der Waals surface area contributed by atoms with Crippen molar-refractivity contribution in [3.05, 3.63) is 12.4 Å². The summed E-state index contributed by atoms with van der Waals surface area (Å²) in [5, 5.41) is 12.9. The van der Waals surface area contributed by atoms with Crippen LogP contribution in [0, 0.1) is 17.8 Å². The molecule has 5 nitrogen and oxygen atoms in total. The molecule has 1 unspecified atom stereocenters. The summed E-state index contributed by atoms with van der Waals surface area (Å²) >= 11 is 0. The number of nitrogens with one attached hydrogen (secondary N) is 1. The lowest BCUT2D eigenvalue weighted by Gasteiger charge is -2.26. The molecule has 1 fully saturated rings. The molecule has 1 saturated heterocycles. The molecule has 1 atom stereocenters. The number of nitrogens with zero attached hydrogens (tertiary/aromatic N) is 3. The number of hydrogen-bond acceptors (Lipinski definition) is 5. The Hall–Kier alpha value is -1.36. The van der Waals surface area contributed by atoms with Gasteiger partial charge in [-0.2, -0.15) is 0 Å². The third-order valence-electron chi connectivity index (χ3n) is 4.77. The molecule has 0 aliphatic carbocycles. The van der Waals surface area contributed by atoms with Gasteiger partial charge in [-0.1, -0.05) is 27.7 Å². The van der Waals surface area contributed by atoms with Crippen molar-refractivity contribution in [3.63, 3.8) is 0 Å². The average Bonchev–Trinajstić information content (AvgIpc) is 2.95. The van der Waals surface area contributed by atoms with E-state index in [1.165, 1.54) is 0 Å². The molecule has 1 aromatic rings. The maximum atomic E-state index is 9.46. The highest BCUT2D eigenvalue weighted by molar-refractivity contribution is 5.49. The summed E-state index contributed by atoms with van der Waals surface area (Å²) in [5.41, 5.74) is 0. The molecule has 0 radical (unpaired) electrons. The molecule has 2 rings (SSSR count). The zero-order valence-electron chi connectivity index (χ0n) is 14.3. The van der Waals surface area contributed by atoms with Gasteiger partial charge in [-0.05, 0) is 30.6 Å². The summed E-state index contributed by atoms with van der Waals surface area (Å²) in [6.07, 6.45) is 3.76. The molecule has 5 heteroatoms. The van der Waals surface area contributed by atoms with Crippen LogP contribution in [0.1, 0.15) is 40.5 Å². The third-order valence-corrected chi connectivity index (χ3v) is 4.77. The number of anilines is 2. The van der Waals surface area contributed by atoms with Gasteiger partial charge >= 0.3 is 0 Å². The van der Waals surface area contributed by atoms with Gasteiger partial charge in [-0.3, -0.25) is 0 Å². The van der Waals surface area contributed by atoms with Crippen molar-refractivity contribution < 1.29 is 5.11 Å². The molecule has 0 aromatic carbocycles. The minimum absolute atomic E-state index is 0.190. The van der Waals surface area contributed by atoms with Crippen LogP contribution in [0.2, 0.25) is 0 Å². The van der Waals surface area contributed by atoms with Gasteiger partial charge in [-0.15, -0.1) is 0 Å². The number of aliphatic hydroxyl groups excluding tert-OH is 1. The van der Waals surface area contributed by atoms with Crippen molar-refractivity contribution >= 4 is 11.6 Å². The van der Waals surface area contributed by atoms with Gasteiger partial charge in [0.05, 0.1) is 12.6 Å². The van der Waals surface area contributed by atoms with E-state index in [9.17, 15) is 5.11 Å². The lowest BCUT2D eigenvalue weighted by molar-refractivity contribution is 0.266. The van der Waals surface area contributed by atoms with Crippen LogP contribution in [0.25, 0.3) is 0 Å². The maximum Gasteiger partial charge on any atom is 0.134 e. The molecule has 1 aliphatic heterocycles. The van der Waals surface area contributed by atoms with Gasteiger partial charge in [0.1, 0.15) is 18.0 Å². The Morgan fingerprint density at radius 3 is 2.64 bits per heavy atom. The van der Waals surface area contributed by atoms with Crippen molar-refractivity contribution in [2.75, 3.05) is 29.9 Å². The molecule has 2 heterocycles. The van der Waals surface area contributed by atoms with Crippen LogP contribution in [0.5, 0.6) is 0 Å². The zero-order valence-corrected chi connectivity index (χ0v) is 14.3. The van der Waals surface area contributed by atoms with E-state index in [-0.39, 0.29) is 12.6 Å².